The predicted molar refractivity (Wildman–Crippen MR) is 82.3 cm³/mol. The van der Waals surface area contributed by atoms with Gasteiger partial charge in [-0.15, -0.1) is 0 Å². The van der Waals surface area contributed by atoms with Crippen LogP contribution in [0.3, 0.4) is 0 Å². The Morgan fingerprint density at radius 1 is 1.24 bits per heavy atom. The van der Waals surface area contributed by atoms with Gasteiger partial charge in [-0.25, -0.2) is 0 Å². The molecule has 112 valence electrons. The summed E-state index contributed by atoms with van der Waals surface area (Å²) in [5, 5.41) is 0. The van der Waals surface area contributed by atoms with Crippen molar-refractivity contribution in [1.82, 2.24) is 4.90 Å². The maximum absolute atomic E-state index is 12.6. The lowest BCUT2D eigenvalue weighted by Crippen LogP contribution is -2.38. The molecule has 1 aromatic carbocycles. The molecular weight excluding hydrogens is 264 g/mol. The molecule has 1 heterocycles. The number of furan rings is 1. The Labute approximate surface area is 125 Å². The highest BCUT2D eigenvalue weighted by Gasteiger charge is 2.26. The highest BCUT2D eigenvalue weighted by Crippen LogP contribution is 2.21. The summed E-state index contributed by atoms with van der Waals surface area (Å²) in [7, 11) is 0. The van der Waals surface area contributed by atoms with Crippen LogP contribution in [0.25, 0.3) is 0 Å². The van der Waals surface area contributed by atoms with Gasteiger partial charge < -0.3 is 15.1 Å². The first kappa shape index (κ1) is 15.3. The third-order valence-electron chi connectivity index (χ3n) is 3.73. The van der Waals surface area contributed by atoms with Crippen molar-refractivity contribution in [3.63, 3.8) is 0 Å². The number of amides is 1. The minimum Gasteiger partial charge on any atom is -0.467 e. The molecule has 2 N–H and O–H groups in total. The second-order valence-corrected chi connectivity index (χ2v) is 5.16. The molecule has 0 aliphatic carbocycles. The molecule has 0 radical (unpaired) electrons. The van der Waals surface area contributed by atoms with E-state index in [0.29, 0.717) is 13.1 Å². The first-order valence-corrected chi connectivity index (χ1v) is 7.25. The summed E-state index contributed by atoms with van der Waals surface area (Å²) < 4.78 is 5.32. The summed E-state index contributed by atoms with van der Waals surface area (Å²) in [4.78, 5) is 14.4. The Kier molecular flexibility index (Phi) is 5.17. The van der Waals surface area contributed by atoms with E-state index in [9.17, 15) is 4.79 Å². The van der Waals surface area contributed by atoms with Gasteiger partial charge in [-0.3, -0.25) is 4.79 Å². The van der Waals surface area contributed by atoms with Gasteiger partial charge in [-0.1, -0.05) is 37.3 Å². The number of benzene rings is 1. The minimum absolute atomic E-state index is 0.0465. The van der Waals surface area contributed by atoms with E-state index >= 15 is 0 Å². The maximum Gasteiger partial charge on any atom is 0.227 e. The fraction of sp³-hybridized carbons (Fsp3) is 0.353. The Hall–Kier alpha value is -2.07. The van der Waals surface area contributed by atoms with Crippen LogP contribution in [0.1, 0.15) is 31.2 Å². The highest BCUT2D eigenvalue weighted by molar-refractivity contribution is 5.79. The van der Waals surface area contributed by atoms with E-state index in [-0.39, 0.29) is 17.9 Å². The van der Waals surface area contributed by atoms with E-state index in [1.165, 1.54) is 0 Å². The maximum atomic E-state index is 12.6. The molecule has 21 heavy (non-hydrogen) atoms. The SMILES string of the molecule is CCN(Cc1ccco1)C(=O)C(C)C(N)c1ccccc1. The molecule has 2 rings (SSSR count). The monoisotopic (exact) mass is 286 g/mol. The zero-order chi connectivity index (χ0) is 15.2. The fourth-order valence-corrected chi connectivity index (χ4v) is 2.34. The first-order chi connectivity index (χ1) is 10.1. The Bertz CT molecular complexity index is 551. The average Bonchev–Trinajstić information content (AvgIpc) is 3.04. The zero-order valence-electron chi connectivity index (χ0n) is 12.5. The van der Waals surface area contributed by atoms with Gasteiger partial charge in [-0.2, -0.15) is 0 Å². The Balaban J connectivity index is 2.06. The van der Waals surface area contributed by atoms with Crippen LogP contribution in [0, 0.1) is 5.92 Å². The molecule has 0 bridgehead atoms. The summed E-state index contributed by atoms with van der Waals surface area (Å²) in [5.74, 6) is 0.554. The van der Waals surface area contributed by atoms with E-state index in [1.807, 2.05) is 56.3 Å². The molecule has 0 aliphatic heterocycles. The Morgan fingerprint density at radius 2 is 1.95 bits per heavy atom. The van der Waals surface area contributed by atoms with Crippen molar-refractivity contribution >= 4 is 5.91 Å². The molecular formula is C17H22N2O2. The average molecular weight is 286 g/mol. The molecule has 0 spiro atoms. The number of rotatable bonds is 6. The van der Waals surface area contributed by atoms with Crippen LogP contribution in [0.15, 0.2) is 53.1 Å². The largest absolute Gasteiger partial charge is 0.467 e. The van der Waals surface area contributed by atoms with Crippen LogP contribution in [-0.2, 0) is 11.3 Å². The number of nitrogens with two attached hydrogens (primary N) is 1. The van der Waals surface area contributed by atoms with Gasteiger partial charge in [-0.05, 0) is 24.6 Å². The van der Waals surface area contributed by atoms with Gasteiger partial charge in [0.15, 0.2) is 0 Å². The lowest BCUT2D eigenvalue weighted by Gasteiger charge is -2.27. The van der Waals surface area contributed by atoms with Crippen LogP contribution >= 0.6 is 0 Å². The zero-order valence-corrected chi connectivity index (χ0v) is 12.5. The molecule has 0 aliphatic rings. The normalized spacial score (nSPS) is 13.7. The second kappa shape index (κ2) is 7.09. The quantitative estimate of drug-likeness (QED) is 0.888. The minimum atomic E-state index is -0.302. The summed E-state index contributed by atoms with van der Waals surface area (Å²) in [6, 6.07) is 13.1. The summed E-state index contributed by atoms with van der Waals surface area (Å²) in [6.45, 7) is 4.95. The van der Waals surface area contributed by atoms with Crippen molar-refractivity contribution in [2.75, 3.05) is 6.54 Å². The number of hydrogen-bond acceptors (Lipinski definition) is 3. The van der Waals surface area contributed by atoms with Crippen molar-refractivity contribution in [2.24, 2.45) is 11.7 Å². The number of carbonyl (C=O) groups is 1. The fourth-order valence-electron chi connectivity index (χ4n) is 2.34. The first-order valence-electron chi connectivity index (χ1n) is 7.25. The van der Waals surface area contributed by atoms with Crippen LogP contribution in [0.2, 0.25) is 0 Å². The van der Waals surface area contributed by atoms with E-state index in [4.69, 9.17) is 10.2 Å². The van der Waals surface area contributed by atoms with Crippen LogP contribution in [-0.4, -0.2) is 17.4 Å². The van der Waals surface area contributed by atoms with Crippen LogP contribution in [0.5, 0.6) is 0 Å². The van der Waals surface area contributed by atoms with Crippen molar-refractivity contribution in [1.29, 1.82) is 0 Å². The number of hydrogen-bond donors (Lipinski definition) is 1. The number of nitrogens with zero attached hydrogens (tertiary/aromatic N) is 1. The third-order valence-corrected chi connectivity index (χ3v) is 3.73. The standard InChI is InChI=1S/C17H22N2O2/c1-3-19(12-15-10-7-11-21-15)17(20)13(2)16(18)14-8-5-4-6-9-14/h4-11,13,16H,3,12,18H2,1-2H3. The van der Waals surface area contributed by atoms with E-state index in [2.05, 4.69) is 0 Å². The van der Waals surface area contributed by atoms with E-state index in [1.54, 1.807) is 11.2 Å². The van der Waals surface area contributed by atoms with Crippen molar-refractivity contribution in [2.45, 2.75) is 26.4 Å². The molecule has 0 saturated carbocycles. The molecule has 1 amide bonds. The topological polar surface area (TPSA) is 59.5 Å². The third kappa shape index (κ3) is 3.73. The molecule has 4 heteroatoms. The molecule has 2 unspecified atom stereocenters. The van der Waals surface area contributed by atoms with Gasteiger partial charge in [0.25, 0.3) is 0 Å². The molecule has 2 aromatic rings. The van der Waals surface area contributed by atoms with Gasteiger partial charge in [0.1, 0.15) is 5.76 Å². The smallest absolute Gasteiger partial charge is 0.227 e. The summed E-state index contributed by atoms with van der Waals surface area (Å²) >= 11 is 0. The van der Waals surface area contributed by atoms with Gasteiger partial charge >= 0.3 is 0 Å². The molecule has 1 aromatic heterocycles. The Morgan fingerprint density at radius 3 is 2.52 bits per heavy atom. The van der Waals surface area contributed by atoms with Crippen molar-refractivity contribution < 1.29 is 9.21 Å². The van der Waals surface area contributed by atoms with Crippen molar-refractivity contribution in [3.05, 3.63) is 60.1 Å². The molecule has 4 nitrogen and oxygen atoms in total. The highest BCUT2D eigenvalue weighted by atomic mass is 16.3. The lowest BCUT2D eigenvalue weighted by molar-refractivity contribution is -0.136. The summed E-state index contributed by atoms with van der Waals surface area (Å²) in [5.41, 5.74) is 7.21. The van der Waals surface area contributed by atoms with Crippen molar-refractivity contribution in [3.8, 4) is 0 Å². The van der Waals surface area contributed by atoms with Gasteiger partial charge in [0.2, 0.25) is 5.91 Å². The molecule has 0 fully saturated rings. The van der Waals surface area contributed by atoms with E-state index < -0.39 is 0 Å². The van der Waals surface area contributed by atoms with Crippen LogP contribution in [0.4, 0.5) is 0 Å². The van der Waals surface area contributed by atoms with Gasteiger partial charge in [0.05, 0.1) is 18.7 Å². The number of carbonyl (C=O) groups excluding carboxylic acids is 1. The van der Waals surface area contributed by atoms with Gasteiger partial charge in [0, 0.05) is 12.6 Å². The van der Waals surface area contributed by atoms with E-state index in [0.717, 1.165) is 11.3 Å². The molecule has 0 saturated heterocycles. The lowest BCUT2D eigenvalue weighted by atomic mass is 9.94. The predicted octanol–water partition coefficient (Wildman–Crippen LogP) is 2.96. The van der Waals surface area contributed by atoms with Crippen LogP contribution < -0.4 is 5.73 Å². The molecule has 2 atom stereocenters. The summed E-state index contributed by atoms with van der Waals surface area (Å²) in [6.07, 6.45) is 1.62. The second-order valence-electron chi connectivity index (χ2n) is 5.16.